The third-order valence-electron chi connectivity index (χ3n) is 6.27. The maximum atomic E-state index is 13.0. The highest BCUT2D eigenvalue weighted by Crippen LogP contribution is 2.29. The molecule has 5 rings (SSSR count). The molecule has 4 heterocycles. The van der Waals surface area contributed by atoms with Gasteiger partial charge in [0.05, 0.1) is 24.3 Å². The first-order chi connectivity index (χ1) is 14.5. The number of hydrogen-bond acceptors (Lipinski definition) is 7. The average Bonchev–Trinajstić information content (AvgIpc) is 2.91. The predicted octanol–water partition coefficient (Wildman–Crippen LogP) is -0.492. The van der Waals surface area contributed by atoms with E-state index in [1.165, 1.54) is 0 Å². The topological polar surface area (TPSA) is 108 Å². The smallest absolute Gasteiger partial charge is 0.262 e. The summed E-state index contributed by atoms with van der Waals surface area (Å²) in [7, 11) is 0. The van der Waals surface area contributed by atoms with Crippen molar-refractivity contribution >= 4 is 23.6 Å². The lowest BCUT2D eigenvalue weighted by Gasteiger charge is -2.28. The number of carbonyl (C=O) groups excluding carboxylic acids is 4. The summed E-state index contributed by atoms with van der Waals surface area (Å²) < 4.78 is 5.70. The van der Waals surface area contributed by atoms with E-state index in [1.54, 1.807) is 12.1 Å². The van der Waals surface area contributed by atoms with E-state index in [0.717, 1.165) is 36.7 Å². The molecule has 4 aliphatic heterocycles. The fourth-order valence-electron chi connectivity index (χ4n) is 4.82. The molecule has 9 nitrogen and oxygen atoms in total. The summed E-state index contributed by atoms with van der Waals surface area (Å²) in [5.74, 6) is -1.47. The standard InChI is InChI=1S/C21H24N4O5/c26-18-4-3-17(19(27)23-18)25-20(28)15-2-1-12(5-16(15)21(25)29)7-24-8-13-6-22-14(9-24)11-30-10-13/h1-2,5,13-14,17,22H,3-4,6-11H2,(H,23,26,27)/t13-,14-,17?/m1/s1. The van der Waals surface area contributed by atoms with Crippen molar-refractivity contribution in [2.75, 3.05) is 32.8 Å². The van der Waals surface area contributed by atoms with Gasteiger partial charge in [0.25, 0.3) is 11.8 Å². The van der Waals surface area contributed by atoms with Crippen LogP contribution >= 0.6 is 0 Å². The first-order valence-corrected chi connectivity index (χ1v) is 10.4. The monoisotopic (exact) mass is 412 g/mol. The van der Waals surface area contributed by atoms with Gasteiger partial charge in [-0.15, -0.1) is 0 Å². The summed E-state index contributed by atoms with van der Waals surface area (Å²) in [6, 6.07) is 4.68. The first kappa shape index (κ1) is 19.3. The van der Waals surface area contributed by atoms with Gasteiger partial charge >= 0.3 is 0 Å². The van der Waals surface area contributed by atoms with Crippen LogP contribution in [0, 0.1) is 5.92 Å². The molecule has 30 heavy (non-hydrogen) atoms. The number of imide groups is 2. The van der Waals surface area contributed by atoms with Gasteiger partial charge in [0.2, 0.25) is 11.8 Å². The van der Waals surface area contributed by atoms with Crippen molar-refractivity contribution < 1.29 is 23.9 Å². The van der Waals surface area contributed by atoms with Crippen LogP contribution in [0.3, 0.4) is 0 Å². The van der Waals surface area contributed by atoms with E-state index < -0.39 is 23.8 Å². The van der Waals surface area contributed by atoms with Crippen LogP contribution in [0.4, 0.5) is 0 Å². The van der Waals surface area contributed by atoms with E-state index in [9.17, 15) is 19.2 Å². The van der Waals surface area contributed by atoms with Crippen molar-refractivity contribution in [3.05, 3.63) is 34.9 Å². The summed E-state index contributed by atoms with van der Waals surface area (Å²) >= 11 is 0. The normalized spacial score (nSPS) is 29.6. The van der Waals surface area contributed by atoms with Crippen LogP contribution in [0.1, 0.15) is 39.1 Å². The zero-order chi connectivity index (χ0) is 20.8. The number of fused-ring (bicyclic) bond motifs is 4. The zero-order valence-electron chi connectivity index (χ0n) is 16.6. The third-order valence-corrected chi connectivity index (χ3v) is 6.27. The Bertz CT molecular complexity index is 918. The van der Waals surface area contributed by atoms with E-state index in [2.05, 4.69) is 15.5 Å². The molecule has 1 aromatic rings. The second kappa shape index (κ2) is 7.57. The summed E-state index contributed by atoms with van der Waals surface area (Å²) in [6.45, 7) is 4.85. The lowest BCUT2D eigenvalue weighted by atomic mass is 10.0. The molecule has 2 N–H and O–H groups in total. The highest BCUT2D eigenvalue weighted by Gasteiger charge is 2.44. The maximum absolute atomic E-state index is 13.0. The average molecular weight is 412 g/mol. The Labute approximate surface area is 173 Å². The highest BCUT2D eigenvalue weighted by atomic mass is 16.5. The van der Waals surface area contributed by atoms with Crippen LogP contribution < -0.4 is 10.6 Å². The predicted molar refractivity (Wildman–Crippen MR) is 104 cm³/mol. The Morgan fingerprint density at radius 2 is 1.87 bits per heavy atom. The molecule has 2 bridgehead atoms. The third kappa shape index (κ3) is 3.42. The van der Waals surface area contributed by atoms with Gasteiger partial charge < -0.3 is 10.1 Å². The molecule has 3 fully saturated rings. The molecule has 4 aliphatic rings. The number of nitrogens with one attached hydrogen (secondary N) is 2. The van der Waals surface area contributed by atoms with Gasteiger partial charge in [0.15, 0.2) is 0 Å². The Morgan fingerprint density at radius 1 is 1.03 bits per heavy atom. The van der Waals surface area contributed by atoms with Crippen LogP contribution in [-0.4, -0.2) is 78.4 Å². The Balaban J connectivity index is 1.35. The Morgan fingerprint density at radius 3 is 2.70 bits per heavy atom. The molecule has 0 spiro atoms. The summed E-state index contributed by atoms with van der Waals surface area (Å²) in [4.78, 5) is 52.8. The van der Waals surface area contributed by atoms with Gasteiger partial charge in [-0.05, 0) is 24.1 Å². The summed E-state index contributed by atoms with van der Waals surface area (Å²) in [5, 5.41) is 5.75. The number of nitrogens with zero attached hydrogens (tertiary/aromatic N) is 2. The van der Waals surface area contributed by atoms with E-state index in [0.29, 0.717) is 30.2 Å². The van der Waals surface area contributed by atoms with Gasteiger partial charge in [0.1, 0.15) is 6.04 Å². The Hall–Kier alpha value is -2.62. The van der Waals surface area contributed by atoms with Gasteiger partial charge in [-0.2, -0.15) is 0 Å². The fraction of sp³-hybridized carbons (Fsp3) is 0.524. The largest absolute Gasteiger partial charge is 0.379 e. The van der Waals surface area contributed by atoms with Crippen molar-refractivity contribution in [1.29, 1.82) is 0 Å². The minimum Gasteiger partial charge on any atom is -0.379 e. The van der Waals surface area contributed by atoms with Crippen molar-refractivity contribution in [1.82, 2.24) is 20.4 Å². The van der Waals surface area contributed by atoms with Crippen LogP contribution in [-0.2, 0) is 20.9 Å². The molecule has 0 aliphatic carbocycles. The number of ether oxygens (including phenoxy) is 1. The first-order valence-electron chi connectivity index (χ1n) is 10.4. The number of benzene rings is 1. The molecule has 3 atom stereocenters. The van der Waals surface area contributed by atoms with Gasteiger partial charge in [-0.1, -0.05) is 6.07 Å². The SMILES string of the molecule is O=C1CCC(N2C(=O)c3ccc(CN4C[C@H]5CN[C@@H](COC5)C4)cc3C2=O)C(=O)N1. The lowest BCUT2D eigenvalue weighted by Crippen LogP contribution is -2.54. The number of amides is 4. The maximum Gasteiger partial charge on any atom is 0.262 e. The number of rotatable bonds is 3. The van der Waals surface area contributed by atoms with Crippen molar-refractivity contribution in [3.8, 4) is 0 Å². The van der Waals surface area contributed by atoms with E-state index in [1.807, 2.05) is 6.07 Å². The highest BCUT2D eigenvalue weighted by molar-refractivity contribution is 6.23. The van der Waals surface area contributed by atoms with Crippen LogP contribution in [0.15, 0.2) is 18.2 Å². The molecule has 9 heteroatoms. The minimum atomic E-state index is -0.936. The lowest BCUT2D eigenvalue weighted by molar-refractivity contribution is -0.136. The van der Waals surface area contributed by atoms with Crippen LogP contribution in [0.2, 0.25) is 0 Å². The zero-order valence-corrected chi connectivity index (χ0v) is 16.6. The van der Waals surface area contributed by atoms with Gasteiger partial charge in [-0.25, -0.2) is 0 Å². The molecule has 0 radical (unpaired) electrons. The second-order valence-electron chi connectivity index (χ2n) is 8.53. The summed E-state index contributed by atoms with van der Waals surface area (Å²) in [5.41, 5.74) is 1.61. The number of carbonyl (C=O) groups is 4. The summed E-state index contributed by atoms with van der Waals surface area (Å²) in [6.07, 6.45) is 0.277. The molecule has 158 valence electrons. The van der Waals surface area contributed by atoms with E-state index in [-0.39, 0.29) is 24.8 Å². The van der Waals surface area contributed by atoms with Crippen LogP contribution in [0.5, 0.6) is 0 Å². The van der Waals surface area contributed by atoms with Crippen molar-refractivity contribution in [2.45, 2.75) is 31.5 Å². The minimum absolute atomic E-state index is 0.115. The molecular weight excluding hydrogens is 388 g/mol. The molecule has 0 saturated carbocycles. The number of piperidine rings is 1. The van der Waals surface area contributed by atoms with E-state index in [4.69, 9.17) is 4.74 Å². The van der Waals surface area contributed by atoms with Crippen molar-refractivity contribution in [2.24, 2.45) is 5.92 Å². The number of hydrogen-bond donors (Lipinski definition) is 2. The van der Waals surface area contributed by atoms with Gasteiger partial charge in [0, 0.05) is 44.6 Å². The molecule has 1 aromatic carbocycles. The van der Waals surface area contributed by atoms with Crippen LogP contribution in [0.25, 0.3) is 0 Å². The second-order valence-corrected chi connectivity index (χ2v) is 8.53. The molecule has 3 saturated heterocycles. The fourth-order valence-corrected chi connectivity index (χ4v) is 4.82. The quantitative estimate of drug-likeness (QED) is 0.645. The Kier molecular flexibility index (Phi) is 4.88. The van der Waals surface area contributed by atoms with E-state index >= 15 is 0 Å². The molecular formula is C21H24N4O5. The molecule has 1 unspecified atom stereocenters. The van der Waals surface area contributed by atoms with Crippen molar-refractivity contribution in [3.63, 3.8) is 0 Å². The molecule has 4 amide bonds. The van der Waals surface area contributed by atoms with Gasteiger partial charge in [-0.3, -0.25) is 34.3 Å². The molecule has 0 aromatic heterocycles.